The Morgan fingerprint density at radius 3 is 0.699 bits per heavy atom. The predicted molar refractivity (Wildman–Crippen MR) is 528 cm³/mol. The number of aromatic hydroxyl groups is 7. The van der Waals surface area contributed by atoms with Gasteiger partial charge in [-0.2, -0.15) is 0 Å². The Balaban J connectivity index is -0.0000000879. The first kappa shape index (κ1) is 133. The van der Waals surface area contributed by atoms with Gasteiger partial charge in [-0.3, -0.25) is 0 Å². The average molecular weight is 1560 g/mol. The predicted octanol–water partition coefficient (Wildman–Crippen LogP) is 37.4. The van der Waals surface area contributed by atoms with Gasteiger partial charge in [-0.25, -0.2) is 0 Å². The van der Waals surface area contributed by atoms with Crippen LogP contribution < -0.4 is 0 Å². The summed E-state index contributed by atoms with van der Waals surface area (Å²) in [5.74, 6) is 2.07. The lowest BCUT2D eigenvalue weighted by molar-refractivity contribution is 0.475. The van der Waals surface area contributed by atoms with Gasteiger partial charge >= 0.3 is 0 Å². The van der Waals surface area contributed by atoms with Crippen LogP contribution in [0.15, 0.2) is 231 Å². The first-order valence-corrected chi connectivity index (χ1v) is 43.1. The smallest absolute Gasteiger partial charge is 0.123 e. The lowest BCUT2D eigenvalue weighted by Gasteiger charge is -2.01. The SMILES string of the molecule is C.CC.CC.CC.CC.CC.CC.CC.CC.CC.CC.CC.CC.CCC.CCC.CCC.CCC.CCC.CCC.Cc1ccc2c(O)cccc2c1.Cc1ccc2cc(O)ccc2c1.Cc1ccc2ccc(O)cc2c1.Oc1ccc2ccccc2c1.Oc1cccc2c(O)cccc12.Oc1cccc2ccccc12. The quantitative estimate of drug-likeness (QED) is 0.0802. The Morgan fingerprint density at radius 2 is 0.354 bits per heavy atom. The van der Waals surface area contributed by atoms with E-state index in [9.17, 15) is 30.6 Å². The average Bonchev–Trinajstić information content (AvgIpc) is 0.843. The van der Waals surface area contributed by atoms with Crippen LogP contribution in [0.2, 0.25) is 0 Å². The highest BCUT2D eigenvalue weighted by molar-refractivity contribution is 5.93. The number of fused-ring (bicyclic) bond motifs is 6. The monoisotopic (exact) mass is 1560 g/mol. The molecule has 12 rings (SSSR count). The standard InChI is InChI=1S/3C11H10O.C10H8O2.2C10H8O.6C3H8.12C2H6.CH4/c1-8-2-3-10-7-11(12)5-4-9(10)6-8;1-8-2-3-9-4-5-11(12)7-10(9)6-8;1-8-5-6-10-9(7-8)3-2-4-11(10)12;11-9-5-1-3-7-8(9)4-2-6-10(7)12;11-10-7-3-5-8-4-1-2-6-9(8)10;11-10-6-5-8-3-1-2-4-9(8)7-10;6*1-3-2;12*1-2;/h3*2-7,12H,1H3;1-6,11-12H;2*1-7,11H;6*3H2,1-2H3;12*1-2H3;1H4. The summed E-state index contributed by atoms with van der Waals surface area (Å²) in [5, 5.41) is 77.3. The molecule has 0 radical (unpaired) electrons. The minimum atomic E-state index is 0. The van der Waals surface area contributed by atoms with Crippen molar-refractivity contribution < 1.29 is 35.7 Å². The maximum atomic E-state index is 9.46. The van der Waals surface area contributed by atoms with E-state index >= 15 is 0 Å². The Bertz CT molecular complexity index is 3650. The third kappa shape index (κ3) is 69.3. The topological polar surface area (TPSA) is 142 Å². The Hall–Kier alpha value is -9.20. The van der Waals surface area contributed by atoms with Crippen molar-refractivity contribution >= 4 is 64.6 Å². The second-order valence-corrected chi connectivity index (χ2v) is 21.0. The Morgan fingerprint density at radius 1 is 0.168 bits per heavy atom. The molecule has 0 atom stereocenters. The molecule has 0 aromatic heterocycles. The molecular formula is C106H178O7. The maximum absolute atomic E-state index is 9.46. The van der Waals surface area contributed by atoms with Crippen LogP contribution >= 0.6 is 0 Å². The number of phenols is 7. The van der Waals surface area contributed by atoms with Crippen molar-refractivity contribution in [3.05, 3.63) is 247 Å². The van der Waals surface area contributed by atoms with Gasteiger partial charge in [-0.1, -0.05) is 482 Å². The molecule has 0 fully saturated rings. The molecule has 7 nitrogen and oxygen atoms in total. The van der Waals surface area contributed by atoms with Gasteiger partial charge < -0.3 is 35.7 Å². The molecule has 644 valence electrons. The zero-order valence-electron chi connectivity index (χ0n) is 79.3. The van der Waals surface area contributed by atoms with E-state index in [0.29, 0.717) is 39.5 Å². The van der Waals surface area contributed by atoms with Crippen molar-refractivity contribution in [1.82, 2.24) is 0 Å². The number of aryl methyl sites for hydroxylation is 3. The number of benzene rings is 12. The molecule has 0 saturated heterocycles. The van der Waals surface area contributed by atoms with E-state index in [-0.39, 0.29) is 18.9 Å². The summed E-state index contributed by atoms with van der Waals surface area (Å²) in [6, 6.07) is 71.5. The molecule has 12 aromatic rings. The maximum Gasteiger partial charge on any atom is 0.123 e. The molecule has 0 aliphatic heterocycles. The second kappa shape index (κ2) is 105. The Labute approximate surface area is 699 Å². The van der Waals surface area contributed by atoms with E-state index < -0.39 is 0 Å². The van der Waals surface area contributed by atoms with Gasteiger partial charge in [0.1, 0.15) is 40.2 Å². The summed E-state index contributed by atoms with van der Waals surface area (Å²) in [6.07, 6.45) is 7.50. The molecule has 0 aliphatic rings. The van der Waals surface area contributed by atoms with Crippen LogP contribution in [0.3, 0.4) is 0 Å². The normalized spacial score (nSPS) is 7.99. The van der Waals surface area contributed by atoms with E-state index in [1.807, 2.05) is 295 Å². The molecular weight excluding hydrogens is 1390 g/mol. The van der Waals surface area contributed by atoms with Crippen molar-refractivity contribution in [2.75, 3.05) is 0 Å². The van der Waals surface area contributed by atoms with E-state index in [1.165, 1.54) is 66.0 Å². The van der Waals surface area contributed by atoms with Crippen LogP contribution in [0.5, 0.6) is 40.2 Å². The minimum Gasteiger partial charge on any atom is -0.508 e. The third-order valence-corrected chi connectivity index (χ3v) is 11.3. The molecule has 0 spiro atoms. The van der Waals surface area contributed by atoms with Crippen LogP contribution in [-0.4, -0.2) is 35.7 Å². The van der Waals surface area contributed by atoms with E-state index in [1.54, 1.807) is 84.9 Å². The highest BCUT2D eigenvalue weighted by Gasteiger charge is 2.02. The number of hydrogen-bond acceptors (Lipinski definition) is 7. The van der Waals surface area contributed by atoms with Crippen LogP contribution in [0.1, 0.15) is 312 Å². The van der Waals surface area contributed by atoms with Crippen molar-refractivity contribution in [2.45, 2.75) is 316 Å². The molecule has 0 heterocycles. The van der Waals surface area contributed by atoms with Crippen LogP contribution in [0.4, 0.5) is 0 Å². The highest BCUT2D eigenvalue weighted by Crippen LogP contribution is 2.31. The molecule has 0 amide bonds. The van der Waals surface area contributed by atoms with Crippen molar-refractivity contribution in [1.29, 1.82) is 0 Å². The van der Waals surface area contributed by atoms with Gasteiger partial charge in [-0.15, -0.1) is 0 Å². The number of phenolic OH excluding ortho intramolecular Hbond substituents is 7. The fourth-order valence-electron chi connectivity index (χ4n) is 7.75. The molecule has 12 aromatic carbocycles. The minimum absolute atomic E-state index is 0. The molecule has 0 unspecified atom stereocenters. The molecule has 113 heavy (non-hydrogen) atoms. The number of hydrogen-bond donors (Lipinski definition) is 7. The van der Waals surface area contributed by atoms with Gasteiger partial charge in [-0.05, 0) is 125 Å². The van der Waals surface area contributed by atoms with Crippen LogP contribution in [0.25, 0.3) is 64.6 Å². The van der Waals surface area contributed by atoms with Crippen LogP contribution in [0, 0.1) is 20.8 Å². The van der Waals surface area contributed by atoms with Crippen molar-refractivity contribution in [3.8, 4) is 40.2 Å². The summed E-state index contributed by atoms with van der Waals surface area (Å²) in [4.78, 5) is 0. The van der Waals surface area contributed by atoms with E-state index in [4.69, 9.17) is 5.11 Å². The molecule has 0 bridgehead atoms. The van der Waals surface area contributed by atoms with Gasteiger partial charge in [0.2, 0.25) is 0 Å². The highest BCUT2D eigenvalue weighted by atomic mass is 16.3. The van der Waals surface area contributed by atoms with Crippen LogP contribution in [-0.2, 0) is 0 Å². The fourth-order valence-corrected chi connectivity index (χ4v) is 7.75. The largest absolute Gasteiger partial charge is 0.508 e. The van der Waals surface area contributed by atoms with Gasteiger partial charge in [0, 0.05) is 21.5 Å². The van der Waals surface area contributed by atoms with E-state index in [2.05, 4.69) is 120 Å². The van der Waals surface area contributed by atoms with Crippen molar-refractivity contribution in [2.24, 2.45) is 0 Å². The molecule has 0 aliphatic carbocycles. The Kier molecular flexibility index (Phi) is 123. The van der Waals surface area contributed by atoms with Gasteiger partial charge in [0.05, 0.1) is 0 Å². The van der Waals surface area contributed by atoms with Gasteiger partial charge in [0.25, 0.3) is 0 Å². The fraction of sp³-hybridized carbons (Fsp3) is 0.434. The summed E-state index contributed by atoms with van der Waals surface area (Å²) < 4.78 is 0. The lowest BCUT2D eigenvalue weighted by atomic mass is 10.1. The summed E-state index contributed by atoms with van der Waals surface area (Å²) in [6.45, 7) is 79.7. The second-order valence-electron chi connectivity index (χ2n) is 21.0. The molecule has 7 N–H and O–H groups in total. The zero-order chi connectivity index (χ0) is 89.8. The zero-order valence-corrected chi connectivity index (χ0v) is 79.3. The summed E-state index contributed by atoms with van der Waals surface area (Å²) in [7, 11) is 0. The summed E-state index contributed by atoms with van der Waals surface area (Å²) >= 11 is 0. The third-order valence-electron chi connectivity index (χ3n) is 11.3. The first-order valence-electron chi connectivity index (χ1n) is 43.1. The summed E-state index contributed by atoms with van der Waals surface area (Å²) in [5.41, 5.74) is 3.68. The first-order chi connectivity index (χ1) is 54.3. The van der Waals surface area contributed by atoms with E-state index in [0.717, 1.165) is 43.1 Å². The lowest BCUT2D eigenvalue weighted by Crippen LogP contribution is -1.75. The van der Waals surface area contributed by atoms with Gasteiger partial charge in [0.15, 0.2) is 0 Å². The molecule has 7 heteroatoms. The van der Waals surface area contributed by atoms with Crippen molar-refractivity contribution in [3.63, 3.8) is 0 Å². The number of rotatable bonds is 0. The molecule has 0 saturated carbocycles.